The van der Waals surface area contributed by atoms with E-state index < -0.39 is 0 Å². The van der Waals surface area contributed by atoms with Crippen LogP contribution < -0.4 is 0 Å². The Morgan fingerprint density at radius 1 is 1.29 bits per heavy atom. The van der Waals surface area contributed by atoms with Crippen LogP contribution >= 0.6 is 24.0 Å². The molecule has 0 atom stereocenters. The standard InChI is InChI=1S/C5H11.HI.Pd/c1-3-5-4-2;;/h1,3-5H2,2H3;1H;. The molecule has 0 fully saturated rings. The average Bonchev–Trinajstić information content (AvgIpc) is 1.61. The summed E-state index contributed by atoms with van der Waals surface area (Å²) in [6, 6.07) is 0. The summed E-state index contributed by atoms with van der Waals surface area (Å²) in [6.45, 7) is 2.22. The average molecular weight is 305 g/mol. The molecule has 0 saturated heterocycles. The van der Waals surface area contributed by atoms with Gasteiger partial charge >= 0.3 is 50.3 Å². The third-order valence-corrected chi connectivity index (χ3v) is 1.26. The fourth-order valence-electron chi connectivity index (χ4n) is 0.329. The second-order valence-corrected chi connectivity index (χ2v) is 2.14. The van der Waals surface area contributed by atoms with Crippen LogP contribution in [0.3, 0.4) is 0 Å². The van der Waals surface area contributed by atoms with Gasteiger partial charge in [0.15, 0.2) is 0 Å². The van der Waals surface area contributed by atoms with Crippen molar-refractivity contribution in [1.82, 2.24) is 0 Å². The molecule has 0 unspecified atom stereocenters. The maximum absolute atomic E-state index is 3.13. The maximum atomic E-state index is 3.13. The minimum absolute atomic E-state index is 0. The molecular weight excluding hydrogens is 293 g/mol. The van der Waals surface area contributed by atoms with Crippen LogP contribution in [-0.4, -0.2) is 0 Å². The number of rotatable bonds is 3. The number of hydrogen-bond donors (Lipinski definition) is 0. The van der Waals surface area contributed by atoms with Crippen molar-refractivity contribution in [3.63, 3.8) is 0 Å². The zero-order valence-electron chi connectivity index (χ0n) is 4.55. The van der Waals surface area contributed by atoms with Gasteiger partial charge in [-0.05, 0) is 0 Å². The molecular formula is C5H12IPd. The van der Waals surface area contributed by atoms with Gasteiger partial charge in [0, 0.05) is 0 Å². The normalized spacial score (nSPS) is 7.86. The number of unbranched alkanes of at least 4 members (excludes halogenated alkanes) is 2. The van der Waals surface area contributed by atoms with Gasteiger partial charge in [0.1, 0.15) is 0 Å². The van der Waals surface area contributed by atoms with Gasteiger partial charge in [-0.1, -0.05) is 0 Å². The van der Waals surface area contributed by atoms with E-state index in [1.54, 1.807) is 0 Å². The smallest absolute Gasteiger partial charge is 0.107 e. The van der Waals surface area contributed by atoms with Crippen LogP contribution in [0.25, 0.3) is 0 Å². The molecule has 0 spiro atoms. The third kappa shape index (κ3) is 11.1. The van der Waals surface area contributed by atoms with E-state index in [0.29, 0.717) is 0 Å². The molecule has 0 N–H and O–H groups in total. The summed E-state index contributed by atoms with van der Waals surface area (Å²) in [4.78, 5) is 1.20. The molecule has 0 rings (SSSR count). The second-order valence-electron chi connectivity index (χ2n) is 1.37. The van der Waals surface area contributed by atoms with Gasteiger partial charge in [-0.25, -0.2) is 0 Å². The monoisotopic (exact) mass is 305 g/mol. The van der Waals surface area contributed by atoms with Crippen molar-refractivity contribution in [2.45, 2.75) is 31.1 Å². The summed E-state index contributed by atoms with van der Waals surface area (Å²) in [7, 11) is 0. The molecule has 49 valence electrons. The summed E-state index contributed by atoms with van der Waals surface area (Å²) >= 11 is 3.13. The van der Waals surface area contributed by atoms with Crippen LogP contribution in [0.5, 0.6) is 0 Å². The Morgan fingerprint density at radius 2 is 1.86 bits per heavy atom. The van der Waals surface area contributed by atoms with E-state index in [9.17, 15) is 0 Å². The molecule has 0 aromatic heterocycles. The van der Waals surface area contributed by atoms with Gasteiger partial charge in [0.25, 0.3) is 0 Å². The van der Waals surface area contributed by atoms with Crippen LogP contribution in [0, 0.1) is 0 Å². The van der Waals surface area contributed by atoms with E-state index in [-0.39, 0.29) is 24.0 Å². The van der Waals surface area contributed by atoms with Gasteiger partial charge < -0.3 is 0 Å². The van der Waals surface area contributed by atoms with Crippen LogP contribution in [-0.2, 0) is 19.2 Å². The molecule has 0 aliphatic carbocycles. The fraction of sp³-hybridized carbons (Fsp3) is 1.00. The van der Waals surface area contributed by atoms with E-state index in [1.807, 2.05) is 0 Å². The van der Waals surface area contributed by atoms with E-state index in [2.05, 4.69) is 26.1 Å². The Balaban J connectivity index is 0. The van der Waals surface area contributed by atoms with E-state index in [4.69, 9.17) is 0 Å². The van der Waals surface area contributed by atoms with Gasteiger partial charge in [-0.2, -0.15) is 0 Å². The third-order valence-electron chi connectivity index (χ3n) is 0.715. The van der Waals surface area contributed by atoms with Gasteiger partial charge in [0.05, 0.1) is 0 Å². The van der Waals surface area contributed by atoms with E-state index in [0.717, 1.165) is 0 Å². The summed E-state index contributed by atoms with van der Waals surface area (Å²) in [5.41, 5.74) is 0. The zero-order valence-corrected chi connectivity index (χ0v) is 8.44. The fourth-order valence-corrected chi connectivity index (χ4v) is 0.718. The predicted molar refractivity (Wildman–Crippen MR) is 39.7 cm³/mol. The Labute approximate surface area is 73.9 Å². The van der Waals surface area contributed by atoms with Crippen molar-refractivity contribution in [3.8, 4) is 0 Å². The molecule has 0 radical (unpaired) electrons. The second kappa shape index (κ2) is 10.4. The van der Waals surface area contributed by atoms with Crippen LogP contribution in [0.15, 0.2) is 0 Å². The minimum atomic E-state index is 0. The molecule has 7 heavy (non-hydrogen) atoms. The molecule has 0 saturated carbocycles. The predicted octanol–water partition coefficient (Wildman–Crippen LogP) is 2.76. The first-order valence-corrected chi connectivity index (χ1v) is 3.53. The van der Waals surface area contributed by atoms with Crippen LogP contribution in [0.4, 0.5) is 0 Å². The molecule has 0 nitrogen and oxygen atoms in total. The quantitative estimate of drug-likeness (QED) is 0.427. The van der Waals surface area contributed by atoms with Crippen molar-refractivity contribution in [2.75, 3.05) is 0 Å². The first kappa shape index (κ1) is 11.2. The molecule has 0 aromatic carbocycles. The first-order valence-electron chi connectivity index (χ1n) is 2.43. The number of halogens is 1. The van der Waals surface area contributed by atoms with E-state index in [1.165, 1.54) is 24.2 Å². The molecule has 2 heteroatoms. The number of hydrogen-bond acceptors (Lipinski definition) is 0. The van der Waals surface area contributed by atoms with Crippen molar-refractivity contribution in [1.29, 1.82) is 0 Å². The molecule has 0 bridgehead atoms. The molecule has 0 aromatic rings. The minimum Gasteiger partial charge on any atom is -0.107 e. The maximum Gasteiger partial charge on any atom is -0.107 e. The molecule has 0 aliphatic rings. The molecule has 0 amide bonds. The van der Waals surface area contributed by atoms with Crippen molar-refractivity contribution >= 4 is 24.0 Å². The van der Waals surface area contributed by atoms with E-state index >= 15 is 0 Å². The Bertz CT molecular complexity index is 20.0. The Kier molecular flexibility index (Phi) is 16.7. The topological polar surface area (TPSA) is 0 Å². The Hall–Kier alpha value is 1.39. The SMILES string of the molecule is CCCC[CH2][Pd].I. The van der Waals surface area contributed by atoms with Crippen molar-refractivity contribution in [2.24, 2.45) is 0 Å². The summed E-state index contributed by atoms with van der Waals surface area (Å²) in [5.74, 6) is 0. The van der Waals surface area contributed by atoms with Crippen LogP contribution in [0.1, 0.15) is 26.2 Å². The summed E-state index contributed by atoms with van der Waals surface area (Å²) in [6.07, 6.45) is 4.05. The summed E-state index contributed by atoms with van der Waals surface area (Å²) in [5, 5.41) is 0. The van der Waals surface area contributed by atoms with Crippen molar-refractivity contribution in [3.05, 3.63) is 0 Å². The molecule has 0 heterocycles. The Morgan fingerprint density at radius 3 is 2.00 bits per heavy atom. The van der Waals surface area contributed by atoms with Crippen LogP contribution in [0.2, 0.25) is 4.89 Å². The van der Waals surface area contributed by atoms with Gasteiger partial charge in [-0.15, -0.1) is 24.0 Å². The largest absolute Gasteiger partial charge is 0.107 e. The van der Waals surface area contributed by atoms with Gasteiger partial charge in [-0.3, -0.25) is 0 Å². The van der Waals surface area contributed by atoms with Gasteiger partial charge in [0.2, 0.25) is 0 Å². The van der Waals surface area contributed by atoms with Crippen molar-refractivity contribution < 1.29 is 19.2 Å². The molecule has 0 aliphatic heterocycles. The first-order chi connectivity index (χ1) is 2.91. The summed E-state index contributed by atoms with van der Waals surface area (Å²) < 4.78 is 0. The zero-order chi connectivity index (χ0) is 4.83.